The van der Waals surface area contributed by atoms with Crippen molar-refractivity contribution in [2.75, 3.05) is 0 Å². The molecule has 1 aromatic carbocycles. The van der Waals surface area contributed by atoms with Gasteiger partial charge in [-0.15, -0.1) is 0 Å². The number of hydrogen-bond acceptors (Lipinski definition) is 0. The maximum Gasteiger partial charge on any atom is 0.166 e. The van der Waals surface area contributed by atoms with E-state index in [1.807, 2.05) is 54.9 Å². The summed E-state index contributed by atoms with van der Waals surface area (Å²) in [5, 5.41) is 0. The van der Waals surface area contributed by atoms with Crippen molar-refractivity contribution in [3.8, 4) is 0 Å². The number of aromatic nitrogens is 1. The summed E-state index contributed by atoms with van der Waals surface area (Å²) in [6.07, 6.45) is 3.75. The highest BCUT2D eigenvalue weighted by Gasteiger charge is 1.65. The second kappa shape index (κ2) is 5.95. The fourth-order valence-corrected chi connectivity index (χ4v) is 0.812. The van der Waals surface area contributed by atoms with Crippen LogP contribution >= 0.6 is 0 Å². The second-order valence-electron chi connectivity index (χ2n) is 2.65. The van der Waals surface area contributed by atoms with Crippen LogP contribution in [0.5, 0.6) is 0 Å². The van der Waals surface area contributed by atoms with E-state index >= 15 is 0 Å². The van der Waals surface area contributed by atoms with Gasteiger partial charge < -0.3 is 0 Å². The number of nitrogens with one attached hydrogen (secondary N) is 1. The molecule has 0 amide bonds. The van der Waals surface area contributed by atoms with Crippen LogP contribution in [0.25, 0.3) is 0 Å². The Hall–Kier alpha value is -1.63. The van der Waals surface area contributed by atoms with Crippen molar-refractivity contribution in [1.82, 2.24) is 0 Å². The van der Waals surface area contributed by atoms with Crippen molar-refractivity contribution >= 4 is 0 Å². The van der Waals surface area contributed by atoms with Gasteiger partial charge in [0.2, 0.25) is 0 Å². The van der Waals surface area contributed by atoms with Gasteiger partial charge in [0.25, 0.3) is 0 Å². The van der Waals surface area contributed by atoms with E-state index in [-0.39, 0.29) is 0 Å². The van der Waals surface area contributed by atoms with Crippen LogP contribution in [0.1, 0.15) is 5.56 Å². The van der Waals surface area contributed by atoms with E-state index in [9.17, 15) is 0 Å². The van der Waals surface area contributed by atoms with Gasteiger partial charge in [-0.1, -0.05) is 13.0 Å². The van der Waals surface area contributed by atoms with E-state index in [4.69, 9.17) is 0 Å². The number of aryl methyl sites for hydroxylation is 1. The van der Waals surface area contributed by atoms with Crippen molar-refractivity contribution in [2.24, 2.45) is 0 Å². The van der Waals surface area contributed by atoms with Gasteiger partial charge in [0, 0.05) is 12.1 Å². The summed E-state index contributed by atoms with van der Waals surface area (Å²) in [5.74, 6) is 0. The molecule has 1 N–H and O–H groups in total. The molecule has 1 heterocycles. The average molecular weight is 171 g/mol. The van der Waals surface area contributed by atoms with E-state index in [1.54, 1.807) is 0 Å². The number of benzene rings is 1. The van der Waals surface area contributed by atoms with E-state index in [0.29, 0.717) is 0 Å². The normalized spacial score (nSPS) is 8.38. The largest absolute Gasteiger partial charge is 0.218 e. The minimum absolute atomic E-state index is 1.29. The third-order valence-corrected chi connectivity index (χ3v) is 1.49. The predicted molar refractivity (Wildman–Crippen MR) is 53.0 cm³/mol. The minimum atomic E-state index is 1.29. The van der Waals surface area contributed by atoms with Crippen LogP contribution in [0.15, 0.2) is 54.9 Å². The van der Waals surface area contributed by atoms with Gasteiger partial charge in [0.05, 0.1) is 0 Å². The maximum atomic E-state index is 2.93. The molecule has 0 aliphatic carbocycles. The fourth-order valence-electron chi connectivity index (χ4n) is 0.812. The molecule has 0 aliphatic rings. The lowest BCUT2D eigenvalue weighted by Gasteiger charge is -1.93. The molecular formula is C12H13N. The molecule has 0 spiro atoms. The molecule has 2 aromatic rings. The second-order valence-corrected chi connectivity index (χ2v) is 2.65. The zero-order chi connectivity index (χ0) is 9.36. The number of hydrogen-bond donors (Lipinski definition) is 0. The topological polar surface area (TPSA) is 14.1 Å². The molecule has 1 aromatic heterocycles. The standard InChI is InChI=1S/C7H7.C5H5N/c1-7-5-3-2-4-6-7;1-2-4-6-5-3-1/h3-6H,1H3;1-5H/q-1;/p+1. The number of aromatic amines is 1. The number of H-pyrrole nitrogens is 1. The van der Waals surface area contributed by atoms with Gasteiger partial charge in [-0.3, -0.25) is 0 Å². The quantitative estimate of drug-likeness (QED) is 0.540. The lowest BCUT2D eigenvalue weighted by atomic mass is 10.2. The summed E-state index contributed by atoms with van der Waals surface area (Å²) < 4.78 is 0. The van der Waals surface area contributed by atoms with E-state index < -0.39 is 0 Å². The first-order valence-electron chi connectivity index (χ1n) is 4.23. The van der Waals surface area contributed by atoms with Gasteiger partial charge in [-0.2, -0.15) is 35.9 Å². The molecule has 0 saturated heterocycles. The lowest BCUT2D eigenvalue weighted by Crippen LogP contribution is -1.93. The minimum Gasteiger partial charge on any atom is -0.218 e. The summed E-state index contributed by atoms with van der Waals surface area (Å²) >= 11 is 0. The zero-order valence-electron chi connectivity index (χ0n) is 7.70. The lowest BCUT2D eigenvalue weighted by molar-refractivity contribution is -0.377. The van der Waals surface area contributed by atoms with Gasteiger partial charge in [0.1, 0.15) is 0 Å². The molecule has 66 valence electrons. The van der Waals surface area contributed by atoms with Gasteiger partial charge in [0.15, 0.2) is 12.4 Å². The Kier molecular flexibility index (Phi) is 4.33. The molecule has 0 radical (unpaired) electrons. The fraction of sp³-hybridized carbons (Fsp3) is 0.0833. The number of pyridine rings is 1. The Morgan fingerprint density at radius 1 is 1.00 bits per heavy atom. The Morgan fingerprint density at radius 2 is 1.62 bits per heavy atom. The van der Waals surface area contributed by atoms with E-state index in [1.165, 1.54) is 5.56 Å². The van der Waals surface area contributed by atoms with Crippen LogP contribution in [-0.2, 0) is 0 Å². The van der Waals surface area contributed by atoms with Crippen LogP contribution in [0.4, 0.5) is 0 Å². The smallest absolute Gasteiger partial charge is 0.166 e. The molecule has 0 saturated carbocycles. The molecule has 1 nitrogen and oxygen atoms in total. The summed E-state index contributed by atoms with van der Waals surface area (Å²) in [6, 6.07) is 16.7. The summed E-state index contributed by atoms with van der Waals surface area (Å²) in [4.78, 5) is 2.89. The summed E-state index contributed by atoms with van der Waals surface area (Å²) in [5.41, 5.74) is 1.29. The van der Waals surface area contributed by atoms with Crippen LogP contribution in [0.2, 0.25) is 0 Å². The molecule has 2 rings (SSSR count). The van der Waals surface area contributed by atoms with Crippen LogP contribution in [0, 0.1) is 13.0 Å². The van der Waals surface area contributed by atoms with Gasteiger partial charge in [-0.25, -0.2) is 4.98 Å². The van der Waals surface area contributed by atoms with E-state index in [2.05, 4.69) is 18.0 Å². The molecule has 0 bridgehead atoms. The van der Waals surface area contributed by atoms with E-state index in [0.717, 1.165) is 0 Å². The highest BCUT2D eigenvalue weighted by atomic mass is 14.6. The van der Waals surface area contributed by atoms with Crippen molar-refractivity contribution in [2.45, 2.75) is 6.92 Å². The van der Waals surface area contributed by atoms with Crippen LogP contribution < -0.4 is 4.98 Å². The highest BCUT2D eigenvalue weighted by molar-refractivity contribution is 5.10. The Balaban J connectivity index is 0.000000132. The maximum absolute atomic E-state index is 2.93. The molecule has 13 heavy (non-hydrogen) atoms. The first-order valence-corrected chi connectivity index (χ1v) is 4.23. The van der Waals surface area contributed by atoms with Crippen molar-refractivity contribution in [3.63, 3.8) is 0 Å². The van der Waals surface area contributed by atoms with Crippen molar-refractivity contribution < 1.29 is 4.98 Å². The van der Waals surface area contributed by atoms with Gasteiger partial charge >= 0.3 is 0 Å². The Labute approximate surface area is 79.1 Å². The third-order valence-electron chi connectivity index (χ3n) is 1.49. The number of rotatable bonds is 0. The molecule has 0 fully saturated rings. The molecule has 0 unspecified atom stereocenters. The SMILES string of the molecule is Cc1cc[c-]cc1.c1cc[nH+]cc1. The van der Waals surface area contributed by atoms with Crippen molar-refractivity contribution in [3.05, 3.63) is 66.5 Å². The highest BCUT2D eigenvalue weighted by Crippen LogP contribution is 1.91. The average Bonchev–Trinajstić information content (AvgIpc) is 2.22. The molecule has 0 aliphatic heterocycles. The van der Waals surface area contributed by atoms with Crippen LogP contribution in [0.3, 0.4) is 0 Å². The zero-order valence-corrected chi connectivity index (χ0v) is 7.70. The molecular weight excluding hydrogens is 158 g/mol. The summed E-state index contributed by atoms with van der Waals surface area (Å²) in [7, 11) is 0. The Bertz CT molecular complexity index is 276. The Morgan fingerprint density at radius 3 is 1.85 bits per heavy atom. The summed E-state index contributed by atoms with van der Waals surface area (Å²) in [6.45, 7) is 2.06. The molecule has 0 atom stereocenters. The third kappa shape index (κ3) is 4.75. The first-order chi connectivity index (χ1) is 6.39. The van der Waals surface area contributed by atoms with Crippen LogP contribution in [-0.4, -0.2) is 0 Å². The monoisotopic (exact) mass is 171 g/mol. The predicted octanol–water partition coefficient (Wildman–Crippen LogP) is 2.30. The molecule has 1 heteroatoms. The first kappa shape index (κ1) is 9.46. The van der Waals surface area contributed by atoms with Crippen molar-refractivity contribution in [1.29, 1.82) is 0 Å². The van der Waals surface area contributed by atoms with Gasteiger partial charge in [-0.05, 0) is 0 Å².